The molecule has 132 valence electrons. The van der Waals surface area contributed by atoms with Crippen LogP contribution in [0.25, 0.3) is 0 Å². The molecular weight excluding hydrogens is 335 g/mol. The highest BCUT2D eigenvalue weighted by atomic mass is 19.4. The Kier molecular flexibility index (Phi) is 6.10. The van der Waals surface area contributed by atoms with Gasteiger partial charge in [-0.1, -0.05) is 35.0 Å². The summed E-state index contributed by atoms with van der Waals surface area (Å²) < 4.78 is 38.5. The molecule has 2 aromatic rings. The molecule has 0 saturated carbocycles. The van der Waals surface area contributed by atoms with E-state index in [1.807, 2.05) is 31.2 Å². The average molecular weight is 351 g/mol. The molecule has 1 aromatic carbocycles. The van der Waals surface area contributed by atoms with Gasteiger partial charge in [0.15, 0.2) is 0 Å². The Morgan fingerprint density at radius 1 is 1.36 bits per heavy atom. The summed E-state index contributed by atoms with van der Waals surface area (Å²) in [4.78, 5) is 20.5. The second-order valence-electron chi connectivity index (χ2n) is 5.18. The number of rotatable bonds is 6. The summed E-state index contributed by atoms with van der Waals surface area (Å²) in [6, 6.07) is 8.43. The van der Waals surface area contributed by atoms with Crippen LogP contribution >= 0.6 is 0 Å². The number of benzene rings is 1. The second-order valence-corrected chi connectivity index (χ2v) is 5.18. The maximum Gasteiger partial charge on any atom is 0.417 e. The number of nitrogens with one attached hydrogen (secondary N) is 1. The van der Waals surface area contributed by atoms with Crippen LogP contribution in [0, 0.1) is 6.92 Å². The Bertz CT molecular complexity index is 761. The van der Waals surface area contributed by atoms with E-state index in [2.05, 4.69) is 15.5 Å². The largest absolute Gasteiger partial charge is 0.417 e. The Labute approximate surface area is 142 Å². The molecule has 1 N–H and O–H groups in total. The molecule has 0 unspecified atom stereocenters. The molecule has 0 saturated heterocycles. The van der Waals surface area contributed by atoms with Crippen molar-refractivity contribution in [3.63, 3.8) is 0 Å². The zero-order valence-corrected chi connectivity index (χ0v) is 13.4. The minimum Gasteiger partial charge on any atom is -0.391 e. The Morgan fingerprint density at radius 3 is 2.88 bits per heavy atom. The van der Waals surface area contributed by atoms with Crippen LogP contribution < -0.4 is 5.32 Å². The van der Waals surface area contributed by atoms with E-state index in [1.165, 1.54) is 6.21 Å². The normalized spacial score (nSPS) is 11.5. The number of carbonyl (C=O) groups is 1. The first kappa shape index (κ1) is 18.4. The fourth-order valence-electron chi connectivity index (χ4n) is 2.06. The minimum absolute atomic E-state index is 0.0706. The fourth-order valence-corrected chi connectivity index (χ4v) is 2.06. The molecule has 0 bridgehead atoms. The Balaban J connectivity index is 1.83. The van der Waals surface area contributed by atoms with Crippen LogP contribution in [-0.2, 0) is 17.6 Å². The predicted octanol–water partition coefficient (Wildman–Crippen LogP) is 3.34. The molecular formula is C17H16F3N3O2. The highest BCUT2D eigenvalue weighted by Gasteiger charge is 2.35. The molecule has 8 heteroatoms. The number of aryl methyl sites for hydroxylation is 1. The van der Waals surface area contributed by atoms with Crippen molar-refractivity contribution in [3.8, 4) is 0 Å². The zero-order chi connectivity index (χ0) is 18.3. The summed E-state index contributed by atoms with van der Waals surface area (Å²) in [5.74, 6) is -0.884. The molecule has 0 atom stereocenters. The van der Waals surface area contributed by atoms with Crippen LogP contribution in [0.15, 0.2) is 47.9 Å². The van der Waals surface area contributed by atoms with Crippen molar-refractivity contribution in [2.24, 2.45) is 5.16 Å². The van der Waals surface area contributed by atoms with Crippen molar-refractivity contribution in [2.75, 3.05) is 6.54 Å². The van der Waals surface area contributed by atoms with Gasteiger partial charge < -0.3 is 10.2 Å². The highest BCUT2D eigenvalue weighted by molar-refractivity contribution is 5.96. The van der Waals surface area contributed by atoms with Crippen LogP contribution in [0.5, 0.6) is 0 Å². The van der Waals surface area contributed by atoms with E-state index >= 15 is 0 Å². The summed E-state index contributed by atoms with van der Waals surface area (Å²) in [6.45, 7) is 2.14. The monoisotopic (exact) mass is 351 g/mol. The van der Waals surface area contributed by atoms with Crippen LogP contribution in [0.2, 0.25) is 0 Å². The van der Waals surface area contributed by atoms with E-state index in [9.17, 15) is 18.0 Å². The third-order valence-corrected chi connectivity index (χ3v) is 3.19. The summed E-state index contributed by atoms with van der Waals surface area (Å²) in [5.41, 5.74) is 0.456. The molecule has 1 heterocycles. The van der Waals surface area contributed by atoms with Gasteiger partial charge in [0.2, 0.25) is 0 Å². The van der Waals surface area contributed by atoms with E-state index in [-0.39, 0.29) is 13.2 Å². The van der Waals surface area contributed by atoms with Crippen molar-refractivity contribution in [2.45, 2.75) is 19.7 Å². The smallest absolute Gasteiger partial charge is 0.391 e. The van der Waals surface area contributed by atoms with Gasteiger partial charge in [-0.25, -0.2) is 0 Å². The Morgan fingerprint density at radius 2 is 2.16 bits per heavy atom. The highest BCUT2D eigenvalue weighted by Crippen LogP contribution is 2.31. The van der Waals surface area contributed by atoms with Gasteiger partial charge >= 0.3 is 6.18 Å². The summed E-state index contributed by atoms with van der Waals surface area (Å²) in [6.07, 6.45) is -1.50. The van der Waals surface area contributed by atoms with E-state index in [4.69, 9.17) is 4.84 Å². The maximum atomic E-state index is 12.8. The lowest BCUT2D eigenvalue weighted by Crippen LogP contribution is -2.28. The molecule has 5 nitrogen and oxygen atoms in total. The molecule has 0 aliphatic carbocycles. The van der Waals surface area contributed by atoms with E-state index in [0.717, 1.165) is 29.6 Å². The van der Waals surface area contributed by atoms with Crippen molar-refractivity contribution < 1.29 is 22.8 Å². The SMILES string of the molecule is Cc1cccc(CON=CCNC(=O)c2cnccc2C(F)(F)F)c1. The van der Waals surface area contributed by atoms with Crippen LogP contribution in [0.1, 0.15) is 27.0 Å². The predicted molar refractivity (Wildman–Crippen MR) is 86.0 cm³/mol. The van der Waals surface area contributed by atoms with Gasteiger partial charge in [0.1, 0.15) is 6.61 Å². The molecule has 0 spiro atoms. The lowest BCUT2D eigenvalue weighted by molar-refractivity contribution is -0.138. The molecule has 2 rings (SSSR count). The van der Waals surface area contributed by atoms with Crippen LogP contribution in [0.4, 0.5) is 13.2 Å². The molecule has 0 aliphatic heterocycles. The number of hydrogen-bond acceptors (Lipinski definition) is 4. The quantitative estimate of drug-likeness (QED) is 0.641. The van der Waals surface area contributed by atoms with Gasteiger partial charge in [-0.05, 0) is 18.6 Å². The number of alkyl halides is 3. The summed E-state index contributed by atoms with van der Waals surface area (Å²) in [5, 5.41) is 5.97. The van der Waals surface area contributed by atoms with Crippen molar-refractivity contribution >= 4 is 12.1 Å². The maximum absolute atomic E-state index is 12.8. The lowest BCUT2D eigenvalue weighted by atomic mass is 10.1. The number of oxime groups is 1. The minimum atomic E-state index is -4.62. The van der Waals surface area contributed by atoms with Crippen molar-refractivity contribution in [3.05, 3.63) is 65.0 Å². The van der Waals surface area contributed by atoms with Gasteiger partial charge in [0, 0.05) is 12.4 Å². The van der Waals surface area contributed by atoms with Gasteiger partial charge in [-0.2, -0.15) is 13.2 Å². The first-order valence-corrected chi connectivity index (χ1v) is 7.36. The first-order chi connectivity index (χ1) is 11.9. The average Bonchev–Trinajstić information content (AvgIpc) is 2.57. The molecule has 0 aliphatic rings. The molecule has 1 amide bonds. The molecule has 0 fully saturated rings. The van der Waals surface area contributed by atoms with E-state index in [0.29, 0.717) is 0 Å². The number of aromatic nitrogens is 1. The van der Waals surface area contributed by atoms with Crippen LogP contribution in [-0.4, -0.2) is 23.7 Å². The van der Waals surface area contributed by atoms with Gasteiger partial charge in [-0.3, -0.25) is 9.78 Å². The lowest BCUT2D eigenvalue weighted by Gasteiger charge is -2.11. The van der Waals surface area contributed by atoms with Crippen molar-refractivity contribution in [1.29, 1.82) is 0 Å². The Hall–Kier alpha value is -2.90. The third-order valence-electron chi connectivity index (χ3n) is 3.19. The third kappa shape index (κ3) is 5.59. The van der Waals surface area contributed by atoms with Crippen LogP contribution in [0.3, 0.4) is 0 Å². The van der Waals surface area contributed by atoms with Gasteiger partial charge in [-0.15, -0.1) is 0 Å². The van der Waals surface area contributed by atoms with Crippen molar-refractivity contribution in [1.82, 2.24) is 10.3 Å². The fraction of sp³-hybridized carbons (Fsp3) is 0.235. The van der Waals surface area contributed by atoms with Gasteiger partial charge in [0.25, 0.3) is 5.91 Å². The number of hydrogen-bond donors (Lipinski definition) is 1. The summed E-state index contributed by atoms with van der Waals surface area (Å²) >= 11 is 0. The summed E-state index contributed by atoms with van der Waals surface area (Å²) in [7, 11) is 0. The van der Waals surface area contributed by atoms with E-state index < -0.39 is 23.2 Å². The number of nitrogens with zero attached hydrogens (tertiary/aromatic N) is 2. The number of carbonyl (C=O) groups excluding carboxylic acids is 1. The van der Waals surface area contributed by atoms with Gasteiger partial charge in [0.05, 0.1) is 23.9 Å². The number of amides is 1. The molecule has 0 radical (unpaired) electrons. The molecule has 1 aromatic heterocycles. The zero-order valence-electron chi connectivity index (χ0n) is 13.4. The second kappa shape index (κ2) is 8.27. The van der Waals surface area contributed by atoms with E-state index in [1.54, 1.807) is 0 Å². The molecule has 25 heavy (non-hydrogen) atoms. The topological polar surface area (TPSA) is 63.6 Å². The standard InChI is InChI=1S/C17H16F3N3O2/c1-12-3-2-4-13(9-12)11-25-23-8-7-22-16(24)14-10-21-6-5-15(14)17(18,19)20/h2-6,8-10H,7,11H2,1H3,(H,22,24). The number of pyridine rings is 1. The number of halogens is 3. The first-order valence-electron chi connectivity index (χ1n) is 7.36.